The number of nitrogens with one attached hydrogen (secondary N) is 1. The minimum absolute atomic E-state index is 0.331. The Morgan fingerprint density at radius 2 is 2.33 bits per heavy atom. The zero-order valence-corrected chi connectivity index (χ0v) is 11.5. The number of hydrogen-bond acceptors (Lipinski definition) is 4. The van der Waals surface area contributed by atoms with Crippen LogP contribution in [-0.2, 0) is 6.54 Å². The smallest absolute Gasteiger partial charge is 0.179 e. The first-order chi connectivity index (χ1) is 8.75. The fourth-order valence-corrected chi connectivity index (χ4v) is 2.95. The summed E-state index contributed by atoms with van der Waals surface area (Å²) in [5.41, 5.74) is 1.89. The summed E-state index contributed by atoms with van der Waals surface area (Å²) in [6.07, 6.45) is 3.62. The van der Waals surface area contributed by atoms with Crippen LogP contribution in [0.3, 0.4) is 0 Å². The van der Waals surface area contributed by atoms with E-state index in [9.17, 15) is 0 Å². The maximum absolute atomic E-state index is 5.35. The molecule has 0 aliphatic rings. The van der Waals surface area contributed by atoms with Gasteiger partial charge in [-0.1, -0.05) is 6.92 Å². The van der Waals surface area contributed by atoms with Crippen LogP contribution in [0, 0.1) is 4.77 Å². The third-order valence-electron chi connectivity index (χ3n) is 2.86. The normalized spacial score (nSPS) is 12.9. The zero-order chi connectivity index (χ0) is 12.5. The molecule has 0 radical (unpaired) electrons. The second-order valence-corrected chi connectivity index (χ2v) is 5.50. The molecule has 3 heterocycles. The lowest BCUT2D eigenvalue weighted by atomic mass is 10.2. The lowest BCUT2D eigenvalue weighted by molar-refractivity contribution is 0.598. The summed E-state index contributed by atoms with van der Waals surface area (Å²) >= 11 is 7.03. The number of H-pyrrole nitrogens is 1. The van der Waals surface area contributed by atoms with Crippen LogP contribution in [0.25, 0.3) is 11.2 Å². The molecule has 0 saturated carbocycles. The van der Waals surface area contributed by atoms with Gasteiger partial charge in [0.15, 0.2) is 10.4 Å². The molecule has 4 nitrogen and oxygen atoms in total. The Labute approximate surface area is 113 Å². The van der Waals surface area contributed by atoms with Crippen LogP contribution in [0.5, 0.6) is 0 Å². The Kier molecular flexibility index (Phi) is 2.97. The quantitative estimate of drug-likeness (QED) is 0.746. The van der Waals surface area contributed by atoms with Crippen molar-refractivity contribution in [2.75, 3.05) is 0 Å². The van der Waals surface area contributed by atoms with Crippen molar-refractivity contribution in [3.05, 3.63) is 39.7 Å². The average Bonchev–Trinajstić information content (AvgIpc) is 2.98. The van der Waals surface area contributed by atoms with Gasteiger partial charge in [0.05, 0.1) is 10.5 Å². The van der Waals surface area contributed by atoms with Crippen molar-refractivity contribution in [2.24, 2.45) is 0 Å². The van der Waals surface area contributed by atoms with Crippen molar-refractivity contribution in [3.8, 4) is 0 Å². The molecule has 0 aromatic carbocycles. The average molecular weight is 276 g/mol. The van der Waals surface area contributed by atoms with Gasteiger partial charge in [-0.3, -0.25) is 0 Å². The minimum Gasteiger partial charge on any atom is -0.329 e. The third-order valence-corrected chi connectivity index (χ3v) is 4.19. The van der Waals surface area contributed by atoms with Gasteiger partial charge in [-0.15, -0.1) is 11.3 Å². The standard InChI is InChI=1S/C12H12N4S2/c1-8(11-14-5-6-18-11)7-16-10-9(15-12(16)17)3-2-4-13-10/h2-6,8H,7H2,1H3,(H,15,17). The Hall–Kier alpha value is -1.53. The van der Waals surface area contributed by atoms with E-state index < -0.39 is 0 Å². The van der Waals surface area contributed by atoms with Gasteiger partial charge in [0, 0.05) is 30.2 Å². The second-order valence-electron chi connectivity index (χ2n) is 4.19. The van der Waals surface area contributed by atoms with Crippen LogP contribution in [0.1, 0.15) is 17.8 Å². The third kappa shape index (κ3) is 1.97. The molecule has 3 aromatic rings. The van der Waals surface area contributed by atoms with Gasteiger partial charge in [-0.05, 0) is 24.4 Å². The Balaban J connectivity index is 2.00. The Bertz CT molecular complexity index is 711. The van der Waals surface area contributed by atoms with E-state index >= 15 is 0 Å². The summed E-state index contributed by atoms with van der Waals surface area (Å²) in [4.78, 5) is 11.9. The molecule has 3 aromatic heterocycles. The molecule has 18 heavy (non-hydrogen) atoms. The largest absolute Gasteiger partial charge is 0.329 e. The van der Waals surface area contributed by atoms with Crippen molar-refractivity contribution >= 4 is 34.7 Å². The lowest BCUT2D eigenvalue weighted by Crippen LogP contribution is -2.06. The maximum atomic E-state index is 5.35. The lowest BCUT2D eigenvalue weighted by Gasteiger charge is -2.09. The summed E-state index contributed by atoms with van der Waals surface area (Å²) in [5, 5.41) is 3.13. The van der Waals surface area contributed by atoms with Crippen LogP contribution >= 0.6 is 23.6 Å². The summed E-state index contributed by atoms with van der Waals surface area (Å²) in [6.45, 7) is 2.95. The van der Waals surface area contributed by atoms with Gasteiger partial charge >= 0.3 is 0 Å². The van der Waals surface area contributed by atoms with Crippen LogP contribution in [0.4, 0.5) is 0 Å². The molecule has 0 saturated heterocycles. The molecule has 1 unspecified atom stereocenters. The molecule has 3 rings (SSSR count). The molecule has 0 aliphatic heterocycles. The highest BCUT2D eigenvalue weighted by atomic mass is 32.1. The van der Waals surface area contributed by atoms with Crippen molar-refractivity contribution in [2.45, 2.75) is 19.4 Å². The first-order valence-corrected chi connectivity index (χ1v) is 6.97. The molecular weight excluding hydrogens is 264 g/mol. The topological polar surface area (TPSA) is 46.5 Å². The summed E-state index contributed by atoms with van der Waals surface area (Å²) in [5.74, 6) is 0.331. The number of aromatic amines is 1. The number of pyridine rings is 1. The molecular formula is C12H12N4S2. The fourth-order valence-electron chi connectivity index (χ4n) is 1.99. The molecule has 0 aliphatic carbocycles. The SMILES string of the molecule is CC(Cn1c(=S)[nH]c2cccnc21)c1nccs1. The summed E-state index contributed by atoms with van der Waals surface area (Å²) in [6, 6.07) is 3.89. The number of nitrogens with zero attached hydrogens (tertiary/aromatic N) is 3. The predicted octanol–water partition coefficient (Wildman–Crippen LogP) is 3.35. The highest BCUT2D eigenvalue weighted by molar-refractivity contribution is 7.71. The fraction of sp³-hybridized carbons (Fsp3) is 0.250. The molecule has 92 valence electrons. The number of thiazole rings is 1. The first-order valence-electron chi connectivity index (χ1n) is 5.68. The second kappa shape index (κ2) is 4.62. The van der Waals surface area contributed by atoms with Crippen molar-refractivity contribution in [3.63, 3.8) is 0 Å². The van der Waals surface area contributed by atoms with Crippen molar-refractivity contribution in [1.29, 1.82) is 0 Å². The van der Waals surface area contributed by atoms with Gasteiger partial charge < -0.3 is 9.55 Å². The number of aromatic nitrogens is 4. The Morgan fingerprint density at radius 1 is 1.44 bits per heavy atom. The molecule has 0 amide bonds. The summed E-state index contributed by atoms with van der Waals surface area (Å²) < 4.78 is 2.75. The zero-order valence-electron chi connectivity index (χ0n) is 9.83. The van der Waals surface area contributed by atoms with E-state index in [2.05, 4.69) is 21.9 Å². The summed E-state index contributed by atoms with van der Waals surface area (Å²) in [7, 11) is 0. The van der Waals surface area contributed by atoms with E-state index in [0.717, 1.165) is 22.7 Å². The van der Waals surface area contributed by atoms with Crippen LogP contribution < -0.4 is 0 Å². The van der Waals surface area contributed by atoms with E-state index in [1.54, 1.807) is 17.5 Å². The molecule has 0 spiro atoms. The van der Waals surface area contributed by atoms with Gasteiger partial charge in [-0.2, -0.15) is 0 Å². The van der Waals surface area contributed by atoms with Crippen molar-refractivity contribution in [1.82, 2.24) is 19.5 Å². The molecule has 1 N–H and O–H groups in total. The van der Waals surface area contributed by atoms with E-state index in [-0.39, 0.29) is 0 Å². The van der Waals surface area contributed by atoms with Gasteiger partial charge in [-0.25, -0.2) is 9.97 Å². The monoisotopic (exact) mass is 276 g/mol. The molecule has 0 bridgehead atoms. The van der Waals surface area contributed by atoms with E-state index in [1.165, 1.54) is 0 Å². The Morgan fingerprint density at radius 3 is 3.11 bits per heavy atom. The van der Waals surface area contributed by atoms with Gasteiger partial charge in [0.1, 0.15) is 0 Å². The van der Waals surface area contributed by atoms with Crippen LogP contribution in [-0.4, -0.2) is 19.5 Å². The predicted molar refractivity (Wildman–Crippen MR) is 75.4 cm³/mol. The molecule has 6 heteroatoms. The first kappa shape index (κ1) is 11.6. The van der Waals surface area contributed by atoms with E-state index in [4.69, 9.17) is 12.2 Å². The van der Waals surface area contributed by atoms with E-state index in [0.29, 0.717) is 10.7 Å². The maximum Gasteiger partial charge on any atom is 0.179 e. The number of fused-ring (bicyclic) bond motifs is 1. The highest BCUT2D eigenvalue weighted by Crippen LogP contribution is 2.21. The van der Waals surface area contributed by atoms with E-state index in [1.807, 2.05) is 28.3 Å². The number of rotatable bonds is 3. The minimum atomic E-state index is 0.331. The number of imidazole rings is 1. The van der Waals surface area contributed by atoms with Gasteiger partial charge in [0.2, 0.25) is 0 Å². The molecule has 1 atom stereocenters. The van der Waals surface area contributed by atoms with Crippen LogP contribution in [0.2, 0.25) is 0 Å². The van der Waals surface area contributed by atoms with Crippen LogP contribution in [0.15, 0.2) is 29.9 Å². The van der Waals surface area contributed by atoms with Gasteiger partial charge in [0.25, 0.3) is 0 Å². The number of hydrogen-bond donors (Lipinski definition) is 1. The molecule has 0 fully saturated rings. The van der Waals surface area contributed by atoms with Crippen molar-refractivity contribution < 1.29 is 0 Å². The highest BCUT2D eigenvalue weighted by Gasteiger charge is 2.12.